The van der Waals surface area contributed by atoms with Crippen molar-refractivity contribution in [2.24, 2.45) is 5.73 Å². The molecule has 0 aliphatic heterocycles. The van der Waals surface area contributed by atoms with Gasteiger partial charge in [-0.25, -0.2) is 12.8 Å². The first-order chi connectivity index (χ1) is 9.79. The number of hydrogen-bond acceptors (Lipinski definition) is 3. The number of hydrogen-bond donors (Lipinski definition) is 2. The lowest BCUT2D eigenvalue weighted by molar-refractivity contribution is 0.598. The number of anilines is 1. The summed E-state index contributed by atoms with van der Waals surface area (Å²) < 4.78 is 40.1. The van der Waals surface area contributed by atoms with Crippen LogP contribution in [0, 0.1) is 5.82 Å². The molecule has 0 saturated carbocycles. The van der Waals surface area contributed by atoms with Crippen molar-refractivity contribution in [3.8, 4) is 0 Å². The molecule has 7 heteroatoms. The number of sulfonamides is 1. The van der Waals surface area contributed by atoms with E-state index in [1.54, 1.807) is 19.1 Å². The smallest absolute Gasteiger partial charge is 0.261 e. The van der Waals surface area contributed by atoms with Gasteiger partial charge in [0.1, 0.15) is 5.82 Å². The van der Waals surface area contributed by atoms with E-state index in [-0.39, 0.29) is 21.6 Å². The summed E-state index contributed by atoms with van der Waals surface area (Å²) in [4.78, 5) is 0.0197. The zero-order valence-electron chi connectivity index (χ0n) is 11.2. The molecule has 0 aliphatic rings. The van der Waals surface area contributed by atoms with Crippen LogP contribution in [0.4, 0.5) is 10.1 Å². The lowest BCUT2D eigenvalue weighted by Gasteiger charge is -2.11. The highest BCUT2D eigenvalue weighted by Crippen LogP contribution is 2.23. The van der Waals surface area contributed by atoms with Crippen molar-refractivity contribution in [3.63, 3.8) is 0 Å². The van der Waals surface area contributed by atoms with Gasteiger partial charge in [0, 0.05) is 11.1 Å². The normalized spacial score (nSPS) is 13.0. The quantitative estimate of drug-likeness (QED) is 0.904. The molecule has 0 bridgehead atoms. The number of nitrogens with one attached hydrogen (secondary N) is 1. The van der Waals surface area contributed by atoms with Crippen LogP contribution < -0.4 is 10.5 Å². The van der Waals surface area contributed by atoms with Gasteiger partial charge in [0.05, 0.1) is 10.6 Å². The maximum atomic E-state index is 13.6. The molecular formula is C14H14ClFN2O2S. The second-order valence-corrected chi connectivity index (χ2v) is 6.71. The molecule has 0 spiro atoms. The Balaban J connectivity index is 2.31. The van der Waals surface area contributed by atoms with E-state index in [1.165, 1.54) is 24.3 Å². The Bertz CT molecular complexity index is 746. The minimum atomic E-state index is -3.88. The lowest BCUT2D eigenvalue weighted by Crippen LogP contribution is -2.14. The van der Waals surface area contributed by atoms with E-state index < -0.39 is 15.8 Å². The van der Waals surface area contributed by atoms with Gasteiger partial charge in [-0.15, -0.1) is 0 Å². The van der Waals surface area contributed by atoms with Gasteiger partial charge < -0.3 is 5.73 Å². The molecule has 0 heterocycles. The van der Waals surface area contributed by atoms with Gasteiger partial charge in [0.2, 0.25) is 0 Å². The molecule has 1 unspecified atom stereocenters. The van der Waals surface area contributed by atoms with Crippen molar-refractivity contribution in [1.29, 1.82) is 0 Å². The number of benzene rings is 2. The Kier molecular flexibility index (Phi) is 4.51. The number of halogens is 2. The SMILES string of the molecule is CC(N)c1ccc(S(=O)(=O)Nc2cc(Cl)ccc2F)cc1. The van der Waals surface area contributed by atoms with Crippen LogP contribution in [0.1, 0.15) is 18.5 Å². The highest BCUT2D eigenvalue weighted by Gasteiger charge is 2.16. The average molecular weight is 329 g/mol. The monoisotopic (exact) mass is 328 g/mol. The second kappa shape index (κ2) is 6.01. The first-order valence-corrected chi connectivity index (χ1v) is 7.99. The van der Waals surface area contributed by atoms with E-state index in [9.17, 15) is 12.8 Å². The molecule has 4 nitrogen and oxygen atoms in total. The molecule has 3 N–H and O–H groups in total. The van der Waals surface area contributed by atoms with Gasteiger partial charge in [-0.2, -0.15) is 0 Å². The van der Waals surface area contributed by atoms with Crippen molar-refractivity contribution in [2.75, 3.05) is 4.72 Å². The second-order valence-electron chi connectivity index (χ2n) is 4.59. The molecule has 0 aliphatic carbocycles. The fourth-order valence-electron chi connectivity index (χ4n) is 1.73. The summed E-state index contributed by atoms with van der Waals surface area (Å²) in [5.74, 6) is -0.699. The molecule has 2 rings (SSSR count). The predicted molar refractivity (Wildman–Crippen MR) is 81.3 cm³/mol. The summed E-state index contributed by atoms with van der Waals surface area (Å²) in [6.45, 7) is 1.79. The maximum Gasteiger partial charge on any atom is 0.261 e. The topological polar surface area (TPSA) is 72.2 Å². The van der Waals surface area contributed by atoms with Crippen LogP contribution in [0.3, 0.4) is 0 Å². The summed E-state index contributed by atoms with van der Waals surface area (Å²) in [5.41, 5.74) is 6.32. The molecule has 1 atom stereocenters. The third-order valence-electron chi connectivity index (χ3n) is 2.89. The predicted octanol–water partition coefficient (Wildman–Crippen LogP) is 3.30. The lowest BCUT2D eigenvalue weighted by atomic mass is 10.1. The van der Waals surface area contributed by atoms with Gasteiger partial charge in [-0.3, -0.25) is 4.72 Å². The van der Waals surface area contributed by atoms with Crippen LogP contribution in [0.2, 0.25) is 5.02 Å². The third-order valence-corrected chi connectivity index (χ3v) is 4.51. The van der Waals surface area contributed by atoms with Crippen LogP contribution in [-0.4, -0.2) is 8.42 Å². The van der Waals surface area contributed by atoms with Crippen molar-refractivity contribution < 1.29 is 12.8 Å². The molecule has 2 aromatic rings. The standard InChI is InChI=1S/C14H14ClFN2O2S/c1-9(17)10-2-5-12(6-3-10)21(19,20)18-14-8-11(15)4-7-13(14)16/h2-9,18H,17H2,1H3. The summed E-state index contributed by atoms with van der Waals surface area (Å²) in [5, 5.41) is 0.237. The highest BCUT2D eigenvalue weighted by atomic mass is 35.5. The summed E-state index contributed by atoms with van der Waals surface area (Å²) in [6.07, 6.45) is 0. The van der Waals surface area contributed by atoms with Crippen LogP contribution in [0.15, 0.2) is 47.4 Å². The molecule has 2 aromatic carbocycles. The van der Waals surface area contributed by atoms with E-state index in [4.69, 9.17) is 17.3 Å². The van der Waals surface area contributed by atoms with Crippen LogP contribution in [-0.2, 0) is 10.0 Å². The van der Waals surface area contributed by atoms with E-state index in [1.807, 2.05) is 0 Å². The van der Waals surface area contributed by atoms with Crippen molar-refractivity contribution in [3.05, 3.63) is 58.9 Å². The van der Waals surface area contributed by atoms with Crippen molar-refractivity contribution in [2.45, 2.75) is 17.9 Å². The Morgan fingerprint density at radius 1 is 1.19 bits per heavy atom. The summed E-state index contributed by atoms with van der Waals surface area (Å²) in [7, 11) is -3.88. The largest absolute Gasteiger partial charge is 0.324 e. The Morgan fingerprint density at radius 2 is 1.81 bits per heavy atom. The van der Waals surface area contributed by atoms with Gasteiger partial charge in [0.15, 0.2) is 0 Å². The van der Waals surface area contributed by atoms with E-state index >= 15 is 0 Å². The van der Waals surface area contributed by atoms with Crippen LogP contribution in [0.25, 0.3) is 0 Å². The van der Waals surface area contributed by atoms with Gasteiger partial charge in [-0.05, 0) is 42.8 Å². The zero-order valence-corrected chi connectivity index (χ0v) is 12.7. The number of nitrogens with two attached hydrogens (primary N) is 1. The van der Waals surface area contributed by atoms with E-state index in [0.29, 0.717) is 0 Å². The number of rotatable bonds is 4. The summed E-state index contributed by atoms with van der Waals surface area (Å²) >= 11 is 5.73. The Morgan fingerprint density at radius 3 is 2.38 bits per heavy atom. The highest BCUT2D eigenvalue weighted by molar-refractivity contribution is 7.92. The molecule has 0 amide bonds. The molecule has 0 saturated heterocycles. The molecule has 0 fully saturated rings. The minimum absolute atomic E-state index is 0.0197. The van der Waals surface area contributed by atoms with E-state index in [0.717, 1.165) is 11.6 Å². The van der Waals surface area contributed by atoms with Gasteiger partial charge in [0.25, 0.3) is 10.0 Å². The first kappa shape index (κ1) is 15.8. The van der Waals surface area contributed by atoms with Crippen molar-refractivity contribution in [1.82, 2.24) is 0 Å². The van der Waals surface area contributed by atoms with E-state index in [2.05, 4.69) is 4.72 Å². The van der Waals surface area contributed by atoms with Crippen LogP contribution >= 0.6 is 11.6 Å². The third kappa shape index (κ3) is 3.72. The first-order valence-electron chi connectivity index (χ1n) is 6.13. The minimum Gasteiger partial charge on any atom is -0.324 e. The van der Waals surface area contributed by atoms with Gasteiger partial charge >= 0.3 is 0 Å². The molecule has 0 aromatic heterocycles. The fraction of sp³-hybridized carbons (Fsp3) is 0.143. The fourth-order valence-corrected chi connectivity index (χ4v) is 2.96. The summed E-state index contributed by atoms with van der Waals surface area (Å²) in [6, 6.07) is 9.53. The molecule has 21 heavy (non-hydrogen) atoms. The van der Waals surface area contributed by atoms with Crippen LogP contribution in [0.5, 0.6) is 0 Å². The van der Waals surface area contributed by atoms with Crippen molar-refractivity contribution >= 4 is 27.3 Å². The van der Waals surface area contributed by atoms with Gasteiger partial charge in [-0.1, -0.05) is 23.7 Å². The molecule has 112 valence electrons. The molecular weight excluding hydrogens is 315 g/mol. The average Bonchev–Trinajstić information content (AvgIpc) is 2.43. The molecule has 0 radical (unpaired) electrons. The maximum absolute atomic E-state index is 13.6. The Labute approximate surface area is 127 Å². The Hall–Kier alpha value is -1.63. The zero-order chi connectivity index (χ0) is 15.6.